The van der Waals surface area contributed by atoms with Gasteiger partial charge in [0.05, 0.1) is 23.4 Å². The topological polar surface area (TPSA) is 85.9 Å². The first-order valence-corrected chi connectivity index (χ1v) is 5.41. The molecule has 7 heteroatoms. The van der Waals surface area contributed by atoms with E-state index in [0.29, 0.717) is 6.54 Å². The average molecular weight is 247 g/mol. The van der Waals surface area contributed by atoms with Crippen LogP contribution in [0.1, 0.15) is 11.3 Å². The first-order valence-electron chi connectivity index (χ1n) is 5.41. The molecule has 2 aromatic heterocycles. The third-order valence-electron chi connectivity index (χ3n) is 2.57. The molecule has 0 unspecified atom stereocenters. The van der Waals surface area contributed by atoms with Crippen molar-refractivity contribution in [3.05, 3.63) is 45.8 Å². The monoisotopic (exact) mass is 247 g/mol. The van der Waals surface area contributed by atoms with Crippen LogP contribution in [0.2, 0.25) is 0 Å². The van der Waals surface area contributed by atoms with E-state index in [9.17, 15) is 10.1 Å². The summed E-state index contributed by atoms with van der Waals surface area (Å²) < 4.78 is 1.60. The minimum Gasteiger partial charge on any atom is -0.373 e. The summed E-state index contributed by atoms with van der Waals surface area (Å²) in [6, 6.07) is 5.20. The molecule has 2 rings (SSSR count). The lowest BCUT2D eigenvalue weighted by atomic mass is 10.2. The Kier molecular flexibility index (Phi) is 3.22. The summed E-state index contributed by atoms with van der Waals surface area (Å²) in [6.45, 7) is 2.27. The Morgan fingerprint density at radius 1 is 1.50 bits per heavy atom. The Labute approximate surface area is 104 Å². The maximum Gasteiger partial charge on any atom is 0.390 e. The number of rotatable bonds is 4. The lowest BCUT2D eigenvalue weighted by Crippen LogP contribution is -2.05. The fourth-order valence-electron chi connectivity index (χ4n) is 1.62. The summed E-state index contributed by atoms with van der Waals surface area (Å²) in [6.07, 6.45) is 1.69. The summed E-state index contributed by atoms with van der Waals surface area (Å²) in [4.78, 5) is 14.2. The van der Waals surface area contributed by atoms with Crippen LogP contribution in [0.25, 0.3) is 0 Å². The van der Waals surface area contributed by atoms with Crippen LogP contribution in [0.4, 0.5) is 11.6 Å². The zero-order valence-corrected chi connectivity index (χ0v) is 10.1. The second-order valence-corrected chi connectivity index (χ2v) is 3.86. The second-order valence-electron chi connectivity index (χ2n) is 3.86. The molecule has 0 radical (unpaired) electrons. The van der Waals surface area contributed by atoms with Gasteiger partial charge in [-0.15, -0.1) is 0 Å². The van der Waals surface area contributed by atoms with E-state index in [2.05, 4.69) is 15.4 Å². The van der Waals surface area contributed by atoms with Crippen LogP contribution in [-0.4, -0.2) is 26.7 Å². The smallest absolute Gasteiger partial charge is 0.373 e. The van der Waals surface area contributed by atoms with Crippen molar-refractivity contribution in [2.45, 2.75) is 13.5 Å². The van der Waals surface area contributed by atoms with Gasteiger partial charge in [0, 0.05) is 13.2 Å². The van der Waals surface area contributed by atoms with Crippen LogP contribution in [0.3, 0.4) is 0 Å². The van der Waals surface area contributed by atoms with E-state index < -0.39 is 4.92 Å². The first kappa shape index (κ1) is 12.0. The zero-order valence-electron chi connectivity index (χ0n) is 10.1. The lowest BCUT2D eigenvalue weighted by molar-refractivity contribution is -0.389. The predicted molar refractivity (Wildman–Crippen MR) is 66.5 cm³/mol. The summed E-state index contributed by atoms with van der Waals surface area (Å²) in [5.41, 5.74) is 1.74. The van der Waals surface area contributed by atoms with Gasteiger partial charge in [-0.2, -0.15) is 4.68 Å². The van der Waals surface area contributed by atoms with Crippen LogP contribution < -0.4 is 5.32 Å². The van der Waals surface area contributed by atoms with Gasteiger partial charge in [0.2, 0.25) is 0 Å². The van der Waals surface area contributed by atoms with E-state index >= 15 is 0 Å². The van der Waals surface area contributed by atoms with Crippen molar-refractivity contribution in [1.82, 2.24) is 14.8 Å². The number of anilines is 1. The molecular weight excluding hydrogens is 234 g/mol. The highest BCUT2D eigenvalue weighted by atomic mass is 16.6. The molecule has 0 saturated heterocycles. The van der Waals surface area contributed by atoms with Crippen molar-refractivity contribution in [1.29, 1.82) is 0 Å². The molecule has 0 fully saturated rings. The normalized spacial score (nSPS) is 10.3. The SMILES string of the molecule is CNc1cc(Cn2nc([N+](=O)[O-])cc2C)ccn1. The van der Waals surface area contributed by atoms with Crippen molar-refractivity contribution < 1.29 is 4.92 Å². The highest BCUT2D eigenvalue weighted by molar-refractivity contribution is 5.36. The molecule has 0 aliphatic carbocycles. The largest absolute Gasteiger partial charge is 0.390 e. The predicted octanol–water partition coefficient (Wildman–Crippen LogP) is 1.58. The lowest BCUT2D eigenvalue weighted by Gasteiger charge is -2.03. The van der Waals surface area contributed by atoms with Crippen LogP contribution >= 0.6 is 0 Å². The van der Waals surface area contributed by atoms with Gasteiger partial charge in [0.15, 0.2) is 0 Å². The maximum atomic E-state index is 10.6. The second kappa shape index (κ2) is 4.82. The average Bonchev–Trinajstić information content (AvgIpc) is 2.71. The Hall–Kier alpha value is -2.44. The van der Waals surface area contributed by atoms with Crippen LogP contribution in [0.5, 0.6) is 0 Å². The minimum absolute atomic E-state index is 0.129. The number of hydrogen-bond donors (Lipinski definition) is 1. The van der Waals surface area contributed by atoms with Gasteiger partial charge in [-0.3, -0.25) is 0 Å². The fourth-order valence-corrected chi connectivity index (χ4v) is 1.62. The van der Waals surface area contributed by atoms with E-state index in [-0.39, 0.29) is 5.82 Å². The Bertz CT molecular complexity index is 579. The van der Waals surface area contributed by atoms with Crippen molar-refractivity contribution in [2.24, 2.45) is 0 Å². The van der Waals surface area contributed by atoms with Crippen molar-refractivity contribution in [2.75, 3.05) is 12.4 Å². The maximum absolute atomic E-state index is 10.6. The molecule has 0 bridgehead atoms. The fraction of sp³-hybridized carbons (Fsp3) is 0.273. The molecule has 1 N–H and O–H groups in total. The van der Waals surface area contributed by atoms with Gasteiger partial charge in [-0.05, 0) is 29.5 Å². The molecule has 0 saturated carbocycles. The molecule has 0 aliphatic rings. The molecule has 0 aromatic carbocycles. The highest BCUT2D eigenvalue weighted by Crippen LogP contribution is 2.14. The van der Waals surface area contributed by atoms with Crippen LogP contribution in [-0.2, 0) is 6.54 Å². The van der Waals surface area contributed by atoms with E-state index in [0.717, 1.165) is 17.1 Å². The summed E-state index contributed by atoms with van der Waals surface area (Å²) >= 11 is 0. The number of nitrogens with one attached hydrogen (secondary N) is 1. The molecule has 0 atom stereocenters. The summed E-state index contributed by atoms with van der Waals surface area (Å²) in [5.74, 6) is 0.627. The van der Waals surface area contributed by atoms with Gasteiger partial charge in [0.25, 0.3) is 0 Å². The minimum atomic E-state index is -0.491. The highest BCUT2D eigenvalue weighted by Gasteiger charge is 2.15. The van der Waals surface area contributed by atoms with E-state index in [1.54, 1.807) is 24.9 Å². The van der Waals surface area contributed by atoms with Gasteiger partial charge >= 0.3 is 5.82 Å². The molecule has 2 aromatic rings. The third-order valence-corrected chi connectivity index (χ3v) is 2.57. The molecular formula is C11H13N5O2. The Morgan fingerprint density at radius 2 is 2.28 bits per heavy atom. The molecule has 7 nitrogen and oxygen atoms in total. The van der Waals surface area contributed by atoms with Crippen LogP contribution in [0.15, 0.2) is 24.4 Å². The quantitative estimate of drug-likeness (QED) is 0.654. The van der Waals surface area contributed by atoms with Gasteiger partial charge in [-0.1, -0.05) is 0 Å². The summed E-state index contributed by atoms with van der Waals surface area (Å²) in [5, 5.41) is 17.5. The van der Waals surface area contributed by atoms with Gasteiger partial charge < -0.3 is 15.4 Å². The molecule has 0 spiro atoms. The molecule has 0 amide bonds. The standard InChI is InChI=1S/C11H13N5O2/c1-8-5-11(16(17)18)14-15(8)7-9-3-4-13-10(6-9)12-2/h3-6H,7H2,1-2H3,(H,12,13). The summed E-state index contributed by atoms with van der Waals surface area (Å²) in [7, 11) is 1.79. The van der Waals surface area contributed by atoms with Crippen molar-refractivity contribution >= 4 is 11.6 Å². The molecule has 18 heavy (non-hydrogen) atoms. The van der Waals surface area contributed by atoms with E-state index in [1.807, 2.05) is 12.1 Å². The number of hydrogen-bond acceptors (Lipinski definition) is 5. The van der Waals surface area contributed by atoms with Crippen LogP contribution in [0, 0.1) is 17.0 Å². The first-order chi connectivity index (χ1) is 8.60. The molecule has 94 valence electrons. The number of aryl methyl sites for hydroxylation is 1. The van der Waals surface area contributed by atoms with Crippen molar-refractivity contribution in [3.63, 3.8) is 0 Å². The Morgan fingerprint density at radius 3 is 2.89 bits per heavy atom. The molecule has 0 aliphatic heterocycles. The zero-order chi connectivity index (χ0) is 13.1. The van der Waals surface area contributed by atoms with Gasteiger partial charge in [-0.25, -0.2) is 4.98 Å². The number of nitrogens with zero attached hydrogens (tertiary/aromatic N) is 4. The number of pyridine rings is 1. The number of aromatic nitrogens is 3. The van der Waals surface area contributed by atoms with Gasteiger partial charge in [0.1, 0.15) is 5.82 Å². The van der Waals surface area contributed by atoms with Crippen molar-refractivity contribution in [3.8, 4) is 0 Å². The molecule has 2 heterocycles. The number of nitro groups is 1. The Balaban J connectivity index is 2.25. The van der Waals surface area contributed by atoms with E-state index in [1.165, 1.54) is 6.07 Å². The van der Waals surface area contributed by atoms with E-state index in [4.69, 9.17) is 0 Å². The third kappa shape index (κ3) is 2.45.